The Balaban J connectivity index is 2.01. The second-order valence-electron chi connectivity index (χ2n) is 6.55. The minimum atomic E-state index is -3.90. The Hall–Kier alpha value is -3.19. The van der Waals surface area contributed by atoms with E-state index in [4.69, 9.17) is 9.15 Å². The first-order valence-electron chi connectivity index (χ1n) is 9.62. The number of aryl methyl sites for hydroxylation is 2. The number of nitrogens with zero attached hydrogens (tertiary/aromatic N) is 1. The largest absolute Gasteiger partial charge is 0.461 e. The Morgan fingerprint density at radius 1 is 1.07 bits per heavy atom. The number of hydrogen-bond acceptors (Lipinski definition) is 6. The molecule has 156 valence electrons. The van der Waals surface area contributed by atoms with Gasteiger partial charge in [0, 0.05) is 0 Å². The molecule has 0 aliphatic heterocycles. The third-order valence-corrected chi connectivity index (χ3v) is 6.24. The lowest BCUT2D eigenvalue weighted by atomic mass is 10.1. The van der Waals surface area contributed by atoms with Crippen LogP contribution in [0.4, 0.5) is 0 Å². The summed E-state index contributed by atoms with van der Waals surface area (Å²) < 4.78 is 37.2. The molecule has 1 heterocycles. The SMILES string of the molecule is CCOC(=O)c1nc(/C(=C\CCc2ccccc2)S(=O)(=O)c2ccccc2)oc1C. The van der Waals surface area contributed by atoms with Crippen LogP contribution in [0.5, 0.6) is 0 Å². The van der Waals surface area contributed by atoms with Crippen molar-refractivity contribution in [2.24, 2.45) is 0 Å². The molecule has 1 aromatic heterocycles. The molecule has 3 rings (SSSR count). The van der Waals surface area contributed by atoms with Crippen molar-refractivity contribution in [2.45, 2.75) is 31.6 Å². The minimum absolute atomic E-state index is 0.0240. The summed E-state index contributed by atoms with van der Waals surface area (Å²) in [5.41, 5.74) is 1.06. The predicted octanol–water partition coefficient (Wildman–Crippen LogP) is 4.61. The van der Waals surface area contributed by atoms with Gasteiger partial charge < -0.3 is 9.15 Å². The van der Waals surface area contributed by atoms with Crippen LogP contribution in [-0.4, -0.2) is 26.0 Å². The van der Waals surface area contributed by atoms with Gasteiger partial charge in [-0.1, -0.05) is 54.6 Å². The maximum absolute atomic E-state index is 13.3. The molecule has 0 saturated carbocycles. The number of rotatable bonds is 8. The first-order chi connectivity index (χ1) is 14.4. The van der Waals surface area contributed by atoms with Gasteiger partial charge in [-0.2, -0.15) is 0 Å². The van der Waals surface area contributed by atoms with Crippen molar-refractivity contribution in [1.29, 1.82) is 0 Å². The van der Waals surface area contributed by atoms with E-state index in [2.05, 4.69) is 4.98 Å². The van der Waals surface area contributed by atoms with Gasteiger partial charge >= 0.3 is 5.97 Å². The number of allylic oxidation sites excluding steroid dienone is 1. The summed E-state index contributed by atoms with van der Waals surface area (Å²) in [7, 11) is -3.90. The Labute approximate surface area is 176 Å². The number of carbonyl (C=O) groups excluding carboxylic acids is 1. The number of esters is 1. The van der Waals surface area contributed by atoms with Crippen LogP contribution in [0.1, 0.15) is 41.0 Å². The number of benzene rings is 2. The van der Waals surface area contributed by atoms with Crippen LogP contribution in [0, 0.1) is 6.92 Å². The Morgan fingerprint density at radius 2 is 1.70 bits per heavy atom. The lowest BCUT2D eigenvalue weighted by Crippen LogP contribution is -2.08. The van der Waals surface area contributed by atoms with Crippen LogP contribution in [0.15, 0.2) is 76.1 Å². The van der Waals surface area contributed by atoms with E-state index in [-0.39, 0.29) is 33.8 Å². The Kier molecular flexibility index (Phi) is 6.84. The van der Waals surface area contributed by atoms with Gasteiger partial charge in [0.1, 0.15) is 10.7 Å². The second-order valence-corrected chi connectivity index (χ2v) is 8.47. The topological polar surface area (TPSA) is 86.5 Å². The lowest BCUT2D eigenvalue weighted by Gasteiger charge is -2.07. The Morgan fingerprint density at radius 3 is 2.33 bits per heavy atom. The van der Waals surface area contributed by atoms with Crippen molar-refractivity contribution >= 4 is 20.7 Å². The highest BCUT2D eigenvalue weighted by atomic mass is 32.2. The molecule has 0 radical (unpaired) electrons. The summed E-state index contributed by atoms with van der Waals surface area (Å²) in [4.78, 5) is 16.3. The van der Waals surface area contributed by atoms with Crippen LogP contribution in [0.2, 0.25) is 0 Å². The fourth-order valence-electron chi connectivity index (χ4n) is 2.94. The van der Waals surface area contributed by atoms with Gasteiger partial charge in [0.15, 0.2) is 5.69 Å². The van der Waals surface area contributed by atoms with Crippen molar-refractivity contribution in [3.63, 3.8) is 0 Å². The standard InChI is InChI=1S/C23H23NO5S/c1-3-28-23(25)21-17(2)29-22(24-21)20(16-10-13-18-11-6-4-7-12-18)30(26,27)19-14-8-5-9-15-19/h4-9,11-12,14-16H,3,10,13H2,1-2H3/b20-16+. The van der Waals surface area contributed by atoms with Crippen molar-refractivity contribution < 1.29 is 22.4 Å². The zero-order valence-electron chi connectivity index (χ0n) is 16.9. The van der Waals surface area contributed by atoms with E-state index >= 15 is 0 Å². The van der Waals surface area contributed by atoms with E-state index in [9.17, 15) is 13.2 Å². The van der Waals surface area contributed by atoms with Crippen molar-refractivity contribution in [3.05, 3.63) is 89.6 Å². The molecule has 0 aliphatic rings. The van der Waals surface area contributed by atoms with E-state index in [1.165, 1.54) is 12.1 Å². The molecule has 0 atom stereocenters. The lowest BCUT2D eigenvalue weighted by molar-refractivity contribution is 0.0518. The third-order valence-electron chi connectivity index (χ3n) is 4.42. The summed E-state index contributed by atoms with van der Waals surface area (Å²) >= 11 is 0. The monoisotopic (exact) mass is 425 g/mol. The first-order valence-corrected chi connectivity index (χ1v) is 11.1. The summed E-state index contributed by atoms with van der Waals surface area (Å²) in [5, 5.41) is 0. The highest BCUT2D eigenvalue weighted by Crippen LogP contribution is 2.29. The molecule has 0 aliphatic carbocycles. The van der Waals surface area contributed by atoms with Crippen molar-refractivity contribution in [1.82, 2.24) is 4.98 Å². The Bertz CT molecular complexity index is 1130. The van der Waals surface area contributed by atoms with Crippen LogP contribution < -0.4 is 0 Å². The average Bonchev–Trinajstić information content (AvgIpc) is 3.14. The number of sulfone groups is 1. The zero-order chi connectivity index (χ0) is 21.6. The molecule has 0 bridgehead atoms. The summed E-state index contributed by atoms with van der Waals surface area (Å²) in [6.45, 7) is 3.42. The minimum Gasteiger partial charge on any atom is -0.461 e. The quantitative estimate of drug-likeness (QED) is 0.490. The number of carbonyl (C=O) groups is 1. The molecule has 3 aromatic rings. The molecule has 0 unspecified atom stereocenters. The smallest absolute Gasteiger partial charge is 0.360 e. The van der Waals surface area contributed by atoms with E-state index in [0.717, 1.165) is 5.56 Å². The molecule has 0 saturated heterocycles. The van der Waals surface area contributed by atoms with Gasteiger partial charge in [0.2, 0.25) is 15.7 Å². The molecular formula is C23H23NO5S. The fraction of sp³-hybridized carbons (Fsp3) is 0.217. The van der Waals surface area contributed by atoms with E-state index in [0.29, 0.717) is 12.8 Å². The van der Waals surface area contributed by atoms with Gasteiger partial charge in [-0.05, 0) is 44.4 Å². The van der Waals surface area contributed by atoms with E-state index in [1.54, 1.807) is 38.1 Å². The van der Waals surface area contributed by atoms with Gasteiger partial charge in [0.05, 0.1) is 11.5 Å². The molecule has 0 N–H and O–H groups in total. The molecule has 0 amide bonds. The summed E-state index contributed by atoms with van der Waals surface area (Å²) in [5.74, 6) is -0.557. The predicted molar refractivity (Wildman–Crippen MR) is 114 cm³/mol. The molecule has 0 spiro atoms. The third kappa shape index (κ3) is 4.86. The summed E-state index contributed by atoms with van der Waals surface area (Å²) in [6, 6.07) is 17.8. The van der Waals surface area contributed by atoms with E-state index < -0.39 is 15.8 Å². The normalized spacial score (nSPS) is 12.0. The molecular weight excluding hydrogens is 402 g/mol. The zero-order valence-corrected chi connectivity index (χ0v) is 17.7. The molecule has 30 heavy (non-hydrogen) atoms. The van der Waals surface area contributed by atoms with Gasteiger partial charge in [-0.15, -0.1) is 0 Å². The average molecular weight is 426 g/mol. The summed E-state index contributed by atoms with van der Waals surface area (Å²) in [6.07, 6.45) is 2.70. The fourth-order valence-corrected chi connectivity index (χ4v) is 4.37. The number of hydrogen-bond donors (Lipinski definition) is 0. The van der Waals surface area contributed by atoms with Crippen molar-refractivity contribution in [2.75, 3.05) is 6.61 Å². The van der Waals surface area contributed by atoms with Crippen molar-refractivity contribution in [3.8, 4) is 0 Å². The van der Waals surface area contributed by atoms with Crippen LogP contribution in [0.25, 0.3) is 4.91 Å². The maximum Gasteiger partial charge on any atom is 0.360 e. The highest BCUT2D eigenvalue weighted by Gasteiger charge is 2.28. The van der Waals surface area contributed by atoms with Crippen LogP contribution in [-0.2, 0) is 21.0 Å². The van der Waals surface area contributed by atoms with Gasteiger partial charge in [-0.3, -0.25) is 0 Å². The van der Waals surface area contributed by atoms with Crippen LogP contribution in [0.3, 0.4) is 0 Å². The first kappa shape index (κ1) is 21.5. The molecule has 0 fully saturated rings. The van der Waals surface area contributed by atoms with Gasteiger partial charge in [0.25, 0.3) is 0 Å². The van der Waals surface area contributed by atoms with Crippen LogP contribution >= 0.6 is 0 Å². The molecule has 2 aromatic carbocycles. The molecule has 7 heteroatoms. The number of ether oxygens (including phenoxy) is 1. The van der Waals surface area contributed by atoms with Gasteiger partial charge in [-0.25, -0.2) is 18.2 Å². The maximum atomic E-state index is 13.3. The second kappa shape index (κ2) is 9.54. The van der Waals surface area contributed by atoms with E-state index in [1.807, 2.05) is 30.3 Å². The molecule has 6 nitrogen and oxygen atoms in total. The highest BCUT2D eigenvalue weighted by molar-refractivity contribution is 8.00. The number of oxazole rings is 1. The number of aromatic nitrogens is 1.